The summed E-state index contributed by atoms with van der Waals surface area (Å²) in [6.45, 7) is 0. The molecule has 0 spiro atoms. The van der Waals surface area contributed by atoms with Crippen LogP contribution in [0, 0.1) is 5.82 Å². The molecule has 100 valence electrons. The first kappa shape index (κ1) is 14.3. The first-order valence-corrected chi connectivity index (χ1v) is 7.77. The second-order valence-electron chi connectivity index (χ2n) is 3.69. The zero-order valence-electron chi connectivity index (χ0n) is 9.40. The first-order chi connectivity index (χ1) is 8.88. The van der Waals surface area contributed by atoms with E-state index in [1.807, 2.05) is 0 Å². The van der Waals surface area contributed by atoms with Gasteiger partial charge in [0.2, 0.25) is 0 Å². The van der Waals surface area contributed by atoms with Crippen LogP contribution in [0.2, 0.25) is 5.02 Å². The second-order valence-corrected chi connectivity index (χ2v) is 6.66. The molecule has 1 N–H and O–H groups in total. The fraction of sp³-hybridized carbons (Fsp3) is 0. The van der Waals surface area contributed by atoms with Crippen LogP contribution in [0.3, 0.4) is 0 Å². The van der Waals surface area contributed by atoms with Gasteiger partial charge in [-0.1, -0.05) is 27.5 Å². The van der Waals surface area contributed by atoms with Crippen molar-refractivity contribution in [1.29, 1.82) is 0 Å². The summed E-state index contributed by atoms with van der Waals surface area (Å²) in [6, 6.07) is 9.71. The zero-order chi connectivity index (χ0) is 14.0. The van der Waals surface area contributed by atoms with Crippen molar-refractivity contribution in [2.45, 2.75) is 4.90 Å². The molecule has 0 aliphatic carbocycles. The maximum absolute atomic E-state index is 13.1. The number of hydrogen-bond donors (Lipinski definition) is 1. The van der Waals surface area contributed by atoms with Crippen molar-refractivity contribution in [3.05, 3.63) is 57.8 Å². The molecular weight excluding hydrogens is 357 g/mol. The Kier molecular flexibility index (Phi) is 4.13. The van der Waals surface area contributed by atoms with E-state index >= 15 is 0 Å². The highest BCUT2D eigenvalue weighted by atomic mass is 79.9. The van der Waals surface area contributed by atoms with Gasteiger partial charge in [0.15, 0.2) is 0 Å². The highest BCUT2D eigenvalue weighted by Crippen LogP contribution is 2.25. The molecule has 0 unspecified atom stereocenters. The Hall–Kier alpha value is -1.11. The monoisotopic (exact) mass is 363 g/mol. The van der Waals surface area contributed by atoms with Crippen molar-refractivity contribution >= 4 is 43.2 Å². The average Bonchev–Trinajstić information content (AvgIpc) is 2.35. The van der Waals surface area contributed by atoms with Gasteiger partial charge in [-0.3, -0.25) is 4.72 Å². The van der Waals surface area contributed by atoms with Crippen LogP contribution in [-0.2, 0) is 10.0 Å². The SMILES string of the molecule is O=S(=O)(Nc1ccc(Br)cc1)c1cc(F)ccc1Cl. The molecule has 0 radical (unpaired) electrons. The summed E-state index contributed by atoms with van der Waals surface area (Å²) in [4.78, 5) is -0.294. The quantitative estimate of drug-likeness (QED) is 0.893. The van der Waals surface area contributed by atoms with Crippen molar-refractivity contribution in [3.8, 4) is 0 Å². The minimum Gasteiger partial charge on any atom is -0.280 e. The molecule has 0 amide bonds. The van der Waals surface area contributed by atoms with E-state index < -0.39 is 15.8 Å². The van der Waals surface area contributed by atoms with E-state index in [0.29, 0.717) is 5.69 Å². The Bertz CT molecular complexity index is 704. The maximum Gasteiger partial charge on any atom is 0.263 e. The number of hydrogen-bond acceptors (Lipinski definition) is 2. The first-order valence-electron chi connectivity index (χ1n) is 5.12. The number of anilines is 1. The third-order valence-electron chi connectivity index (χ3n) is 2.28. The van der Waals surface area contributed by atoms with E-state index in [9.17, 15) is 12.8 Å². The summed E-state index contributed by atoms with van der Waals surface area (Å²) in [5.41, 5.74) is 0.364. The van der Waals surface area contributed by atoms with E-state index in [-0.39, 0.29) is 9.92 Å². The highest BCUT2D eigenvalue weighted by molar-refractivity contribution is 9.10. The smallest absolute Gasteiger partial charge is 0.263 e. The largest absolute Gasteiger partial charge is 0.280 e. The van der Waals surface area contributed by atoms with Gasteiger partial charge in [-0.25, -0.2) is 12.8 Å². The summed E-state index contributed by atoms with van der Waals surface area (Å²) >= 11 is 9.02. The summed E-state index contributed by atoms with van der Waals surface area (Å²) in [5.74, 6) is -0.666. The van der Waals surface area contributed by atoms with Crippen LogP contribution in [0.15, 0.2) is 51.8 Å². The van der Waals surface area contributed by atoms with Gasteiger partial charge in [-0.05, 0) is 42.5 Å². The average molecular weight is 365 g/mol. The van der Waals surface area contributed by atoms with Gasteiger partial charge >= 0.3 is 0 Å². The molecule has 3 nitrogen and oxygen atoms in total. The van der Waals surface area contributed by atoms with Crippen LogP contribution in [0.5, 0.6) is 0 Å². The topological polar surface area (TPSA) is 46.2 Å². The molecule has 0 heterocycles. The Labute approximate surface area is 123 Å². The number of benzene rings is 2. The van der Waals surface area contributed by atoms with Crippen molar-refractivity contribution < 1.29 is 12.8 Å². The van der Waals surface area contributed by atoms with Gasteiger partial charge < -0.3 is 0 Å². The molecule has 0 atom stereocenters. The molecule has 2 rings (SSSR count). The number of sulfonamides is 1. The number of rotatable bonds is 3. The molecule has 0 fully saturated rings. The van der Waals surface area contributed by atoms with Gasteiger partial charge in [-0.2, -0.15) is 0 Å². The lowest BCUT2D eigenvalue weighted by atomic mass is 10.3. The van der Waals surface area contributed by atoms with Gasteiger partial charge in [0.25, 0.3) is 10.0 Å². The molecule has 0 saturated heterocycles. The Morgan fingerprint density at radius 1 is 1.11 bits per heavy atom. The molecule has 0 aromatic heterocycles. The van der Waals surface area contributed by atoms with Crippen LogP contribution in [0.25, 0.3) is 0 Å². The highest BCUT2D eigenvalue weighted by Gasteiger charge is 2.18. The normalized spacial score (nSPS) is 11.3. The zero-order valence-corrected chi connectivity index (χ0v) is 12.6. The molecule has 0 saturated carbocycles. The van der Waals surface area contributed by atoms with Crippen LogP contribution >= 0.6 is 27.5 Å². The van der Waals surface area contributed by atoms with Crippen LogP contribution in [0.4, 0.5) is 10.1 Å². The predicted octanol–water partition coefficient (Wildman–Crippen LogP) is 4.04. The number of nitrogens with one attached hydrogen (secondary N) is 1. The van der Waals surface area contributed by atoms with E-state index in [1.54, 1.807) is 24.3 Å². The van der Waals surface area contributed by atoms with Gasteiger partial charge in [-0.15, -0.1) is 0 Å². The molecule has 19 heavy (non-hydrogen) atoms. The molecule has 0 aliphatic heterocycles. The number of halogens is 3. The third kappa shape index (κ3) is 3.46. The van der Waals surface area contributed by atoms with Crippen molar-refractivity contribution in [3.63, 3.8) is 0 Å². The fourth-order valence-corrected chi connectivity index (χ4v) is 3.25. The predicted molar refractivity (Wildman–Crippen MR) is 76.4 cm³/mol. The van der Waals surface area contributed by atoms with Crippen LogP contribution in [0.1, 0.15) is 0 Å². The second kappa shape index (κ2) is 5.48. The molecule has 2 aromatic rings. The lowest BCUT2D eigenvalue weighted by Crippen LogP contribution is -2.13. The van der Waals surface area contributed by atoms with Crippen molar-refractivity contribution in [2.24, 2.45) is 0 Å². The lowest BCUT2D eigenvalue weighted by molar-refractivity contribution is 0.595. The van der Waals surface area contributed by atoms with Crippen LogP contribution in [-0.4, -0.2) is 8.42 Å². The molecule has 2 aromatic carbocycles. The standard InChI is InChI=1S/C12H8BrClFNO2S/c13-8-1-4-10(5-2-8)16-19(17,18)12-7-9(15)3-6-11(12)14/h1-7,16H. The third-order valence-corrected chi connectivity index (χ3v) is 4.67. The van der Waals surface area contributed by atoms with Gasteiger partial charge in [0.05, 0.1) is 5.02 Å². The summed E-state index contributed by atoms with van der Waals surface area (Å²) in [5, 5.41) is -0.0361. The van der Waals surface area contributed by atoms with Gasteiger partial charge in [0.1, 0.15) is 10.7 Å². The fourth-order valence-electron chi connectivity index (χ4n) is 1.41. The van der Waals surface area contributed by atoms with E-state index in [0.717, 1.165) is 16.6 Å². The molecule has 7 heteroatoms. The van der Waals surface area contributed by atoms with Crippen molar-refractivity contribution in [1.82, 2.24) is 0 Å². The van der Waals surface area contributed by atoms with Crippen LogP contribution < -0.4 is 4.72 Å². The summed E-state index contributed by atoms with van der Waals surface area (Å²) in [7, 11) is -3.92. The van der Waals surface area contributed by atoms with E-state index in [1.165, 1.54) is 6.07 Å². The minimum absolute atomic E-state index is 0.0361. The minimum atomic E-state index is -3.92. The van der Waals surface area contributed by atoms with E-state index in [4.69, 9.17) is 11.6 Å². The van der Waals surface area contributed by atoms with Gasteiger partial charge in [0, 0.05) is 10.2 Å². The Morgan fingerprint density at radius 3 is 2.37 bits per heavy atom. The lowest BCUT2D eigenvalue weighted by Gasteiger charge is -2.09. The Balaban J connectivity index is 2.37. The summed E-state index contributed by atoms with van der Waals surface area (Å²) in [6.07, 6.45) is 0. The molecule has 0 bridgehead atoms. The summed E-state index contributed by atoms with van der Waals surface area (Å²) < 4.78 is 40.4. The maximum atomic E-state index is 13.1. The van der Waals surface area contributed by atoms with E-state index in [2.05, 4.69) is 20.7 Å². The van der Waals surface area contributed by atoms with Crippen molar-refractivity contribution in [2.75, 3.05) is 4.72 Å². The Morgan fingerprint density at radius 2 is 1.74 bits per heavy atom. The molecular formula is C12H8BrClFNO2S. The molecule has 0 aliphatic rings.